The Balaban J connectivity index is 1.71. The minimum atomic E-state index is -0.579. The molecule has 1 saturated heterocycles. The van der Waals surface area contributed by atoms with Gasteiger partial charge in [0.05, 0.1) is 12.2 Å². The first-order valence-corrected chi connectivity index (χ1v) is 10.6. The van der Waals surface area contributed by atoms with Crippen molar-refractivity contribution >= 4 is 29.3 Å². The number of urea groups is 1. The van der Waals surface area contributed by atoms with Gasteiger partial charge in [-0.3, -0.25) is 9.59 Å². The maximum Gasteiger partial charge on any atom is 0.325 e. The van der Waals surface area contributed by atoms with Crippen LogP contribution in [0.15, 0.2) is 42.5 Å². The monoisotopic (exact) mass is 442 g/mol. The van der Waals surface area contributed by atoms with Gasteiger partial charge in [0.1, 0.15) is 12.4 Å². The van der Waals surface area contributed by atoms with E-state index in [1.807, 2.05) is 0 Å². The van der Waals surface area contributed by atoms with Crippen LogP contribution in [0, 0.1) is 5.82 Å². The van der Waals surface area contributed by atoms with E-state index < -0.39 is 12.0 Å². The van der Waals surface area contributed by atoms with Crippen LogP contribution in [0.3, 0.4) is 0 Å². The number of carbonyl (C=O) groups is 3. The Morgan fingerprint density at radius 1 is 1.03 bits per heavy atom. The number of rotatable bonds is 8. The Labute approximate surface area is 186 Å². The van der Waals surface area contributed by atoms with Gasteiger partial charge in [-0.2, -0.15) is 0 Å². The number of hydrogen-bond donors (Lipinski definition) is 3. The van der Waals surface area contributed by atoms with E-state index >= 15 is 0 Å². The molecule has 3 N–H and O–H groups in total. The Morgan fingerprint density at radius 3 is 2.44 bits per heavy atom. The van der Waals surface area contributed by atoms with Crippen molar-refractivity contribution < 1.29 is 23.5 Å². The summed E-state index contributed by atoms with van der Waals surface area (Å²) in [7, 11) is 0. The fraction of sp³-hybridized carbons (Fsp3) is 0.348. The molecule has 0 saturated carbocycles. The van der Waals surface area contributed by atoms with Crippen LogP contribution in [0.1, 0.15) is 35.7 Å². The summed E-state index contributed by atoms with van der Waals surface area (Å²) >= 11 is 0. The third-order valence-electron chi connectivity index (χ3n) is 5.01. The van der Waals surface area contributed by atoms with Crippen molar-refractivity contribution in [2.75, 3.05) is 36.5 Å². The highest BCUT2D eigenvalue weighted by atomic mass is 19.1. The van der Waals surface area contributed by atoms with Crippen molar-refractivity contribution in [1.82, 2.24) is 10.6 Å². The van der Waals surface area contributed by atoms with E-state index in [1.54, 1.807) is 37.3 Å². The van der Waals surface area contributed by atoms with Crippen LogP contribution >= 0.6 is 0 Å². The quantitative estimate of drug-likeness (QED) is 0.546. The van der Waals surface area contributed by atoms with Crippen molar-refractivity contribution in [2.45, 2.75) is 26.3 Å². The van der Waals surface area contributed by atoms with Crippen molar-refractivity contribution in [3.8, 4) is 0 Å². The van der Waals surface area contributed by atoms with Gasteiger partial charge < -0.3 is 25.6 Å². The largest absolute Gasteiger partial charge is 0.465 e. The number of esters is 1. The maximum atomic E-state index is 13.1. The average molecular weight is 442 g/mol. The van der Waals surface area contributed by atoms with Crippen LogP contribution in [-0.4, -0.2) is 44.1 Å². The molecule has 0 aliphatic carbocycles. The SMILES string of the molecule is CCOC(=O)CNC(=O)Nc1ccc(N2CCCC2)c(C(=O)NCc2ccc(F)cc2)c1. The van der Waals surface area contributed by atoms with Crippen LogP contribution in [0.2, 0.25) is 0 Å². The van der Waals surface area contributed by atoms with Crippen molar-refractivity contribution in [1.29, 1.82) is 0 Å². The number of amides is 3. The summed E-state index contributed by atoms with van der Waals surface area (Å²) in [5, 5.41) is 7.91. The third kappa shape index (κ3) is 6.44. The smallest absolute Gasteiger partial charge is 0.325 e. The van der Waals surface area contributed by atoms with Crippen LogP contribution in [-0.2, 0) is 16.1 Å². The normalized spacial score (nSPS) is 12.9. The summed E-state index contributed by atoms with van der Waals surface area (Å²) in [5.41, 5.74) is 2.41. The van der Waals surface area contributed by atoms with E-state index in [9.17, 15) is 18.8 Å². The minimum absolute atomic E-state index is 0.233. The summed E-state index contributed by atoms with van der Waals surface area (Å²) in [6, 6.07) is 10.5. The molecule has 3 rings (SSSR count). The maximum absolute atomic E-state index is 13.1. The highest BCUT2D eigenvalue weighted by Crippen LogP contribution is 2.27. The van der Waals surface area contributed by atoms with Gasteiger partial charge in [0.2, 0.25) is 0 Å². The number of carbonyl (C=O) groups excluding carboxylic acids is 3. The molecule has 0 radical (unpaired) electrons. The Morgan fingerprint density at radius 2 is 1.75 bits per heavy atom. The highest BCUT2D eigenvalue weighted by Gasteiger charge is 2.20. The minimum Gasteiger partial charge on any atom is -0.465 e. The van der Waals surface area contributed by atoms with Gasteiger partial charge in [0, 0.05) is 31.0 Å². The number of halogens is 1. The molecule has 0 atom stereocenters. The molecule has 170 valence electrons. The second-order valence-corrected chi connectivity index (χ2v) is 7.35. The predicted molar refractivity (Wildman–Crippen MR) is 119 cm³/mol. The molecular weight excluding hydrogens is 415 g/mol. The third-order valence-corrected chi connectivity index (χ3v) is 5.01. The number of nitrogens with one attached hydrogen (secondary N) is 3. The lowest BCUT2D eigenvalue weighted by Crippen LogP contribution is -2.34. The van der Waals surface area contributed by atoms with E-state index in [1.165, 1.54) is 12.1 Å². The summed E-state index contributed by atoms with van der Waals surface area (Å²) in [6.45, 7) is 3.61. The van der Waals surface area contributed by atoms with E-state index in [4.69, 9.17) is 4.74 Å². The molecule has 0 spiro atoms. The zero-order valence-electron chi connectivity index (χ0n) is 17.9. The summed E-state index contributed by atoms with van der Waals surface area (Å²) in [5.74, 6) is -1.17. The molecule has 3 amide bonds. The molecule has 2 aromatic rings. The van der Waals surface area contributed by atoms with Gasteiger partial charge in [-0.25, -0.2) is 9.18 Å². The highest BCUT2D eigenvalue weighted by molar-refractivity contribution is 6.02. The van der Waals surface area contributed by atoms with E-state index in [0.717, 1.165) is 37.2 Å². The fourth-order valence-corrected chi connectivity index (χ4v) is 3.45. The van der Waals surface area contributed by atoms with Gasteiger partial charge >= 0.3 is 12.0 Å². The summed E-state index contributed by atoms with van der Waals surface area (Å²) < 4.78 is 17.9. The molecule has 1 aliphatic heterocycles. The van der Waals surface area contributed by atoms with Gasteiger partial charge in [-0.15, -0.1) is 0 Å². The summed E-state index contributed by atoms with van der Waals surface area (Å²) in [6.07, 6.45) is 2.10. The van der Waals surface area contributed by atoms with Gasteiger partial charge in [-0.1, -0.05) is 12.1 Å². The van der Waals surface area contributed by atoms with Gasteiger partial charge in [-0.05, 0) is 55.7 Å². The molecule has 32 heavy (non-hydrogen) atoms. The van der Waals surface area contributed by atoms with Crippen LogP contribution < -0.4 is 20.9 Å². The summed E-state index contributed by atoms with van der Waals surface area (Å²) in [4.78, 5) is 38.6. The molecule has 8 nitrogen and oxygen atoms in total. The van der Waals surface area contributed by atoms with E-state index in [-0.39, 0.29) is 31.4 Å². The molecule has 1 aliphatic rings. The van der Waals surface area contributed by atoms with E-state index in [2.05, 4.69) is 20.9 Å². The number of ether oxygens (including phenoxy) is 1. The number of nitrogens with zero attached hydrogens (tertiary/aromatic N) is 1. The molecule has 9 heteroatoms. The second kappa shape index (κ2) is 11.1. The van der Waals surface area contributed by atoms with E-state index in [0.29, 0.717) is 11.3 Å². The van der Waals surface area contributed by atoms with Crippen LogP contribution in [0.4, 0.5) is 20.6 Å². The van der Waals surface area contributed by atoms with Crippen LogP contribution in [0.5, 0.6) is 0 Å². The van der Waals surface area contributed by atoms with Crippen molar-refractivity contribution in [2.24, 2.45) is 0 Å². The number of hydrogen-bond acceptors (Lipinski definition) is 5. The Bertz CT molecular complexity index is 959. The Hall–Kier alpha value is -3.62. The molecule has 0 bridgehead atoms. The topological polar surface area (TPSA) is 99.8 Å². The molecule has 2 aromatic carbocycles. The molecule has 1 heterocycles. The number of benzene rings is 2. The zero-order chi connectivity index (χ0) is 22.9. The molecule has 0 unspecified atom stereocenters. The number of anilines is 2. The first-order valence-electron chi connectivity index (χ1n) is 10.6. The first-order chi connectivity index (χ1) is 15.5. The second-order valence-electron chi connectivity index (χ2n) is 7.35. The van der Waals surface area contributed by atoms with Gasteiger partial charge in [0.25, 0.3) is 5.91 Å². The fourth-order valence-electron chi connectivity index (χ4n) is 3.45. The standard InChI is InChI=1S/C23H27FN4O4/c1-2-32-21(29)15-26-23(31)27-18-9-10-20(28-11-3-4-12-28)19(13-18)22(30)25-14-16-5-7-17(24)8-6-16/h5-10,13H,2-4,11-12,14-15H2,1H3,(H,25,30)(H2,26,27,31). The van der Waals surface area contributed by atoms with Crippen LogP contribution in [0.25, 0.3) is 0 Å². The zero-order valence-corrected chi connectivity index (χ0v) is 17.9. The molecule has 1 fully saturated rings. The van der Waals surface area contributed by atoms with Crippen molar-refractivity contribution in [3.05, 3.63) is 59.4 Å². The lowest BCUT2D eigenvalue weighted by molar-refractivity contribution is -0.141. The average Bonchev–Trinajstić information content (AvgIpc) is 3.32. The first kappa shape index (κ1) is 23.1. The van der Waals surface area contributed by atoms with Crippen molar-refractivity contribution in [3.63, 3.8) is 0 Å². The van der Waals surface area contributed by atoms with Gasteiger partial charge in [0.15, 0.2) is 0 Å². The lowest BCUT2D eigenvalue weighted by atomic mass is 10.1. The molecule has 0 aromatic heterocycles. The predicted octanol–water partition coefficient (Wildman–Crippen LogP) is 3.04. The lowest BCUT2D eigenvalue weighted by Gasteiger charge is -2.22. The molecular formula is C23H27FN4O4. The Kier molecular flexibility index (Phi) is 8.02.